The zero-order chi connectivity index (χ0) is 34.6. The molecule has 3 fully saturated rings. The summed E-state index contributed by atoms with van der Waals surface area (Å²) in [6.45, 7) is 9.98. The fraction of sp³-hybridized carbons (Fsp3) is 0.474. The molecule has 47 heavy (non-hydrogen) atoms. The fourth-order valence-corrected chi connectivity index (χ4v) is 8.71. The summed E-state index contributed by atoms with van der Waals surface area (Å²) in [4.78, 5) is 26.8. The maximum Gasteiger partial charge on any atom is 0.310 e. The van der Waals surface area contributed by atoms with Crippen LogP contribution in [0, 0.1) is 17.8 Å². The van der Waals surface area contributed by atoms with Crippen LogP contribution < -0.4 is 4.74 Å². The smallest absolute Gasteiger partial charge is 0.310 e. The summed E-state index contributed by atoms with van der Waals surface area (Å²) in [5.41, 5.74) is -0.241. The number of ether oxygens (including phenoxy) is 5. The number of benzene rings is 2. The van der Waals surface area contributed by atoms with Gasteiger partial charge in [-0.05, 0) is 66.2 Å². The van der Waals surface area contributed by atoms with E-state index in [1.54, 1.807) is 19.1 Å². The van der Waals surface area contributed by atoms with Crippen molar-refractivity contribution in [1.29, 1.82) is 0 Å². The molecular weight excluding hydrogens is 600 g/mol. The summed E-state index contributed by atoms with van der Waals surface area (Å²) in [5.74, 6) is -3.37. The van der Waals surface area contributed by atoms with Crippen molar-refractivity contribution in [3.8, 4) is 11.5 Å². The van der Waals surface area contributed by atoms with Crippen molar-refractivity contribution in [3.63, 3.8) is 0 Å². The lowest BCUT2D eigenvalue weighted by atomic mass is 9.55. The van der Waals surface area contributed by atoms with Gasteiger partial charge in [0.15, 0.2) is 17.3 Å². The van der Waals surface area contributed by atoms with Crippen molar-refractivity contribution in [2.45, 2.75) is 82.7 Å². The number of esters is 1. The average molecular weight is 647 g/mol. The number of phenolic OH excluding ortho intramolecular Hbond substituents is 1. The second-order valence-electron chi connectivity index (χ2n) is 13.7. The van der Waals surface area contributed by atoms with Crippen LogP contribution in [0.25, 0.3) is 0 Å². The van der Waals surface area contributed by atoms with E-state index < -0.39 is 46.7 Å². The number of carbonyl (C=O) groups excluding carboxylic acids is 2. The third-order valence-corrected chi connectivity index (χ3v) is 10.7. The second kappa shape index (κ2) is 11.4. The molecule has 9 nitrogen and oxygen atoms in total. The van der Waals surface area contributed by atoms with Crippen LogP contribution in [0.4, 0.5) is 0 Å². The number of methoxy groups -OCH3 is 1. The molecule has 0 aromatic heterocycles. The van der Waals surface area contributed by atoms with E-state index in [1.165, 1.54) is 20.6 Å². The Balaban J connectivity index is 0.00000197. The van der Waals surface area contributed by atoms with Gasteiger partial charge in [0.2, 0.25) is 0 Å². The molecule has 250 valence electrons. The van der Waals surface area contributed by atoms with Crippen molar-refractivity contribution < 1.29 is 44.9 Å². The van der Waals surface area contributed by atoms with Gasteiger partial charge in [0.25, 0.3) is 5.97 Å². The Morgan fingerprint density at radius 1 is 1.15 bits per heavy atom. The normalized spacial score (nSPS) is 36.5. The summed E-state index contributed by atoms with van der Waals surface area (Å²) in [6.07, 6.45) is 4.13. The lowest BCUT2D eigenvalue weighted by molar-refractivity contribution is -0.421. The van der Waals surface area contributed by atoms with Crippen molar-refractivity contribution in [2.75, 3.05) is 13.7 Å². The Labute approximate surface area is 277 Å². The molecule has 9 heteroatoms. The van der Waals surface area contributed by atoms with Crippen LogP contribution in [0.2, 0.25) is 0 Å². The number of phenols is 1. The van der Waals surface area contributed by atoms with E-state index in [0.29, 0.717) is 29.6 Å². The predicted molar refractivity (Wildman–Crippen MR) is 173 cm³/mol. The molecule has 2 aromatic carbocycles. The Bertz CT molecular complexity index is 1690. The fourth-order valence-electron chi connectivity index (χ4n) is 8.71. The number of fused-ring (bicyclic) bond motifs is 2. The van der Waals surface area contributed by atoms with Gasteiger partial charge in [-0.25, -0.2) is 0 Å². The van der Waals surface area contributed by atoms with E-state index in [9.17, 15) is 19.8 Å². The van der Waals surface area contributed by atoms with E-state index >= 15 is 0 Å². The van der Waals surface area contributed by atoms with Crippen molar-refractivity contribution in [2.24, 2.45) is 17.8 Å². The van der Waals surface area contributed by atoms with Crippen LogP contribution in [0.15, 0.2) is 84.0 Å². The van der Waals surface area contributed by atoms with Gasteiger partial charge in [-0.3, -0.25) is 9.59 Å². The average Bonchev–Trinajstić information content (AvgIpc) is 3.37. The molecule has 5 aliphatic rings. The van der Waals surface area contributed by atoms with Gasteiger partial charge in [-0.1, -0.05) is 69.5 Å². The van der Waals surface area contributed by atoms with E-state index in [2.05, 4.69) is 13.5 Å². The molecule has 2 N–H and O–H groups in total. The van der Waals surface area contributed by atoms with Gasteiger partial charge < -0.3 is 33.9 Å². The maximum atomic E-state index is 13.8. The van der Waals surface area contributed by atoms with Gasteiger partial charge in [0, 0.05) is 19.6 Å². The molecule has 2 aliphatic heterocycles. The molecule has 7 rings (SSSR count). The van der Waals surface area contributed by atoms with Crippen LogP contribution >= 0.6 is 0 Å². The number of ketones is 1. The topological polar surface area (TPSA) is 121 Å². The van der Waals surface area contributed by atoms with Crippen LogP contribution in [0.1, 0.15) is 53.5 Å². The van der Waals surface area contributed by atoms with E-state index in [4.69, 9.17) is 25.1 Å². The Hall–Kier alpha value is -3.76. The van der Waals surface area contributed by atoms with E-state index in [0.717, 1.165) is 11.1 Å². The highest BCUT2D eigenvalue weighted by molar-refractivity contribution is 6.04. The Morgan fingerprint density at radius 2 is 1.89 bits per heavy atom. The van der Waals surface area contributed by atoms with Crippen molar-refractivity contribution in [3.05, 3.63) is 95.1 Å². The monoisotopic (exact) mass is 646 g/mol. The predicted octanol–water partition coefficient (Wildman–Crippen LogP) is 5.38. The number of hydrogen-bond donors (Lipinski definition) is 2. The van der Waals surface area contributed by atoms with E-state index in [-0.39, 0.29) is 42.6 Å². The molecule has 0 amide bonds. The molecule has 0 radical (unpaired) electrons. The summed E-state index contributed by atoms with van der Waals surface area (Å²) >= 11 is 0. The Morgan fingerprint density at radius 3 is 2.60 bits per heavy atom. The molecule has 2 saturated heterocycles. The van der Waals surface area contributed by atoms with Gasteiger partial charge in [0.1, 0.15) is 23.9 Å². The molecule has 8 atom stereocenters. The largest absolute Gasteiger partial charge is 0.504 e. The van der Waals surface area contributed by atoms with Crippen molar-refractivity contribution >= 4 is 11.8 Å². The number of hydrogen-bond acceptors (Lipinski definition) is 9. The quantitative estimate of drug-likeness (QED) is 0.288. The summed E-state index contributed by atoms with van der Waals surface area (Å²) in [7, 11) is 2.69. The van der Waals surface area contributed by atoms with Gasteiger partial charge in [-0.15, -0.1) is 0 Å². The lowest BCUT2D eigenvalue weighted by Crippen LogP contribution is -2.70. The second-order valence-corrected chi connectivity index (χ2v) is 13.7. The van der Waals surface area contributed by atoms with Crippen molar-refractivity contribution in [1.82, 2.24) is 0 Å². The van der Waals surface area contributed by atoms with E-state index in [1.807, 2.05) is 49.4 Å². The zero-order valence-corrected chi connectivity index (χ0v) is 27.6. The molecule has 0 spiro atoms. The van der Waals surface area contributed by atoms with Crippen LogP contribution in [0.3, 0.4) is 0 Å². The molecule has 1 unspecified atom stereocenters. The number of rotatable bonds is 8. The summed E-state index contributed by atoms with van der Waals surface area (Å²) in [5, 5.41) is 22.3. The number of aromatic hydroxyl groups is 1. The van der Waals surface area contributed by atoms with Gasteiger partial charge >= 0.3 is 5.97 Å². The third kappa shape index (κ3) is 4.89. The minimum atomic E-state index is -1.80. The Kier molecular flexibility index (Phi) is 7.75. The number of carbonyl (C=O) groups is 2. The standard InChI is InChI=1S/C37H40O9.CH4/c1-21(2)35-17-23(4)37-27(33(35)44-36(45-35,46-37)19-24-9-7-6-8-10-24)14-26(18-34(41)30(37)13-22(3)32(34)40)20-43-31(39)16-25-11-12-28(38)29(15-25)42-5;/h6-15,23,27,30,33,38,41H,1,16-20H2,2-5H3;1H4/t23-,27+,30-,33-,34-,35+,36?,37-;/m1./s1/i;1T. The third-order valence-electron chi connectivity index (χ3n) is 10.7. The minimum Gasteiger partial charge on any atom is -0.504 e. The molecular formula is C38H44O9. The molecule has 2 heterocycles. The first-order valence-corrected chi connectivity index (χ1v) is 15.8. The van der Waals surface area contributed by atoms with Crippen LogP contribution in [-0.4, -0.2) is 64.6 Å². The van der Waals surface area contributed by atoms with Crippen LogP contribution in [-0.2, 0) is 41.4 Å². The van der Waals surface area contributed by atoms with Gasteiger partial charge in [0.05, 0.1) is 25.6 Å². The highest BCUT2D eigenvalue weighted by atomic mass is 16.9. The number of Topliss-reactive ketones (excluding diaryl/α,β-unsaturated/α-hetero) is 1. The first-order valence-electron chi connectivity index (χ1n) is 16.8. The lowest BCUT2D eigenvalue weighted by Gasteiger charge is -2.59. The molecule has 1 saturated carbocycles. The highest BCUT2D eigenvalue weighted by Gasteiger charge is 2.79. The number of aliphatic hydroxyl groups is 1. The van der Waals surface area contributed by atoms with Crippen LogP contribution in [0.5, 0.6) is 11.5 Å². The molecule has 3 aliphatic carbocycles. The SMILES string of the molecule is C=C(C)[C@@]12C[C@@H](C)[C@@]34OC(Cc5ccccc5)(O[C@@H]1[C@@H]3C=C(COC(=O)Cc1ccc(O)c(OC)c1)C[C@]1(O)C(=O)C(C)=C[C@@H]41)O2.[3H]C. The minimum absolute atomic E-state index is 0.0156. The van der Waals surface area contributed by atoms with Gasteiger partial charge in [-0.2, -0.15) is 0 Å². The summed E-state index contributed by atoms with van der Waals surface area (Å²) < 4.78 is 37.5. The highest BCUT2D eigenvalue weighted by Crippen LogP contribution is 2.68. The molecule has 3 bridgehead atoms. The first kappa shape index (κ1) is 31.8. The zero-order valence-electron chi connectivity index (χ0n) is 28.6. The molecule has 2 aromatic rings. The first-order chi connectivity index (χ1) is 22.9. The summed E-state index contributed by atoms with van der Waals surface area (Å²) in [6, 6.07) is 14.5. The maximum absolute atomic E-state index is 13.8.